The molecule has 2 N–H and O–H groups in total. The van der Waals surface area contributed by atoms with Crippen LogP contribution in [0.3, 0.4) is 0 Å². The highest BCUT2D eigenvalue weighted by Gasteiger charge is 2.15. The summed E-state index contributed by atoms with van der Waals surface area (Å²) in [5, 5.41) is 8.39. The molecule has 6 heteroatoms. The lowest BCUT2D eigenvalue weighted by molar-refractivity contribution is 0.443. The average molecular weight is 337 g/mol. The average Bonchev–Trinajstić information content (AvgIpc) is 2.46. The molecule has 0 unspecified atom stereocenters. The third-order valence-corrected chi connectivity index (χ3v) is 3.45. The van der Waals surface area contributed by atoms with E-state index < -0.39 is 0 Å². The van der Waals surface area contributed by atoms with Crippen molar-refractivity contribution in [2.24, 2.45) is 5.73 Å². The number of rotatable bonds is 5. The molecule has 0 aliphatic rings. The second-order valence-electron chi connectivity index (χ2n) is 4.26. The van der Waals surface area contributed by atoms with E-state index in [2.05, 4.69) is 45.0 Å². The molecule has 0 aliphatic heterocycles. The standard InChI is InChI=1S/C14H17BrN4O/c1-3-11-12(6-16)14(19-18-13(11)4-2)20-10-5-9(15)7-17-8-10/h5,7-8H,3-4,6,16H2,1-2H3. The summed E-state index contributed by atoms with van der Waals surface area (Å²) >= 11 is 3.36. The van der Waals surface area contributed by atoms with Gasteiger partial charge in [0.1, 0.15) is 5.75 Å². The minimum Gasteiger partial charge on any atom is -0.436 e. The van der Waals surface area contributed by atoms with E-state index >= 15 is 0 Å². The number of nitrogens with zero attached hydrogens (tertiary/aromatic N) is 3. The summed E-state index contributed by atoms with van der Waals surface area (Å²) < 4.78 is 6.62. The summed E-state index contributed by atoms with van der Waals surface area (Å²) in [5.41, 5.74) is 8.88. The summed E-state index contributed by atoms with van der Waals surface area (Å²) in [6.07, 6.45) is 5.02. The summed E-state index contributed by atoms with van der Waals surface area (Å²) in [6, 6.07) is 1.83. The van der Waals surface area contributed by atoms with Crippen LogP contribution in [-0.4, -0.2) is 15.2 Å². The Morgan fingerprint density at radius 2 is 1.95 bits per heavy atom. The van der Waals surface area contributed by atoms with Gasteiger partial charge in [-0.05, 0) is 40.4 Å². The van der Waals surface area contributed by atoms with E-state index in [1.807, 2.05) is 6.07 Å². The molecule has 106 valence electrons. The fraction of sp³-hybridized carbons (Fsp3) is 0.357. The Labute approximate surface area is 126 Å². The van der Waals surface area contributed by atoms with Crippen LogP contribution in [0.2, 0.25) is 0 Å². The van der Waals surface area contributed by atoms with Gasteiger partial charge < -0.3 is 10.5 Å². The molecule has 0 aromatic carbocycles. The number of aryl methyl sites for hydroxylation is 1. The summed E-state index contributed by atoms with van der Waals surface area (Å²) in [7, 11) is 0. The normalized spacial score (nSPS) is 10.6. The van der Waals surface area contributed by atoms with E-state index in [9.17, 15) is 0 Å². The molecule has 2 rings (SSSR count). The largest absolute Gasteiger partial charge is 0.436 e. The zero-order valence-electron chi connectivity index (χ0n) is 11.6. The van der Waals surface area contributed by atoms with Crippen LogP contribution in [0.25, 0.3) is 0 Å². The first-order valence-electron chi connectivity index (χ1n) is 6.55. The van der Waals surface area contributed by atoms with Crippen molar-refractivity contribution in [2.75, 3.05) is 0 Å². The minimum absolute atomic E-state index is 0.377. The molecule has 0 spiro atoms. The number of hydrogen-bond acceptors (Lipinski definition) is 5. The van der Waals surface area contributed by atoms with Crippen molar-refractivity contribution < 1.29 is 4.74 Å². The fourth-order valence-corrected chi connectivity index (χ4v) is 2.43. The molecule has 2 aromatic heterocycles. The van der Waals surface area contributed by atoms with Crippen LogP contribution in [0.5, 0.6) is 11.6 Å². The lowest BCUT2D eigenvalue weighted by atomic mass is 10.0. The van der Waals surface area contributed by atoms with Gasteiger partial charge >= 0.3 is 0 Å². The van der Waals surface area contributed by atoms with Crippen molar-refractivity contribution in [3.05, 3.63) is 39.8 Å². The van der Waals surface area contributed by atoms with Crippen molar-refractivity contribution in [3.8, 4) is 11.6 Å². The smallest absolute Gasteiger partial charge is 0.243 e. The van der Waals surface area contributed by atoms with Gasteiger partial charge in [-0.1, -0.05) is 13.8 Å². The molecule has 0 saturated heterocycles. The van der Waals surface area contributed by atoms with Gasteiger partial charge in [-0.2, -0.15) is 5.10 Å². The third kappa shape index (κ3) is 3.13. The number of aromatic nitrogens is 3. The van der Waals surface area contributed by atoms with Gasteiger partial charge in [-0.3, -0.25) is 4.98 Å². The van der Waals surface area contributed by atoms with Gasteiger partial charge in [-0.15, -0.1) is 5.10 Å². The lowest BCUT2D eigenvalue weighted by Gasteiger charge is -2.14. The maximum Gasteiger partial charge on any atom is 0.243 e. The van der Waals surface area contributed by atoms with E-state index in [1.165, 1.54) is 0 Å². The molecule has 0 fully saturated rings. The molecular formula is C14H17BrN4O. The fourth-order valence-electron chi connectivity index (χ4n) is 2.08. The highest BCUT2D eigenvalue weighted by molar-refractivity contribution is 9.10. The van der Waals surface area contributed by atoms with Crippen LogP contribution in [0.1, 0.15) is 30.7 Å². The first-order chi connectivity index (χ1) is 9.69. The Morgan fingerprint density at radius 3 is 2.55 bits per heavy atom. The molecule has 0 bridgehead atoms. The van der Waals surface area contributed by atoms with Crippen LogP contribution in [-0.2, 0) is 19.4 Å². The Balaban J connectivity index is 2.41. The van der Waals surface area contributed by atoms with E-state index in [0.717, 1.165) is 34.1 Å². The summed E-state index contributed by atoms with van der Waals surface area (Å²) in [6.45, 7) is 4.52. The van der Waals surface area contributed by atoms with Crippen molar-refractivity contribution >= 4 is 15.9 Å². The number of nitrogens with two attached hydrogens (primary N) is 1. The molecule has 2 heterocycles. The van der Waals surface area contributed by atoms with E-state index in [4.69, 9.17) is 10.5 Å². The van der Waals surface area contributed by atoms with E-state index in [1.54, 1.807) is 12.4 Å². The van der Waals surface area contributed by atoms with Crippen LogP contribution in [0.15, 0.2) is 22.9 Å². The lowest BCUT2D eigenvalue weighted by Crippen LogP contribution is -2.10. The monoisotopic (exact) mass is 336 g/mol. The Kier molecular flexibility index (Phi) is 5.03. The van der Waals surface area contributed by atoms with E-state index in [-0.39, 0.29) is 0 Å². The Morgan fingerprint density at radius 1 is 1.15 bits per heavy atom. The summed E-state index contributed by atoms with van der Waals surface area (Å²) in [5.74, 6) is 1.07. The number of ether oxygens (including phenoxy) is 1. The topological polar surface area (TPSA) is 73.9 Å². The Hall–Kier alpha value is -1.53. The maximum atomic E-state index is 5.86. The predicted molar refractivity (Wildman–Crippen MR) is 80.7 cm³/mol. The molecule has 20 heavy (non-hydrogen) atoms. The predicted octanol–water partition coefficient (Wildman–Crippen LogP) is 3.01. The van der Waals surface area contributed by atoms with Crippen molar-refractivity contribution in [2.45, 2.75) is 33.2 Å². The highest BCUT2D eigenvalue weighted by Crippen LogP contribution is 2.27. The van der Waals surface area contributed by atoms with Gasteiger partial charge in [0.15, 0.2) is 0 Å². The van der Waals surface area contributed by atoms with Crippen LogP contribution in [0.4, 0.5) is 0 Å². The molecule has 0 amide bonds. The van der Waals surface area contributed by atoms with Crippen LogP contribution in [0, 0.1) is 0 Å². The first-order valence-corrected chi connectivity index (χ1v) is 7.34. The number of hydrogen-bond donors (Lipinski definition) is 1. The minimum atomic E-state index is 0.377. The molecule has 2 aromatic rings. The number of halogens is 1. The highest BCUT2D eigenvalue weighted by atomic mass is 79.9. The summed E-state index contributed by atoms with van der Waals surface area (Å²) in [4.78, 5) is 4.06. The second kappa shape index (κ2) is 6.76. The van der Waals surface area contributed by atoms with Crippen molar-refractivity contribution in [1.29, 1.82) is 0 Å². The zero-order chi connectivity index (χ0) is 14.5. The number of pyridine rings is 1. The maximum absolute atomic E-state index is 5.86. The zero-order valence-corrected chi connectivity index (χ0v) is 13.1. The van der Waals surface area contributed by atoms with Crippen molar-refractivity contribution in [3.63, 3.8) is 0 Å². The SMILES string of the molecule is CCc1nnc(Oc2cncc(Br)c2)c(CN)c1CC. The molecule has 5 nitrogen and oxygen atoms in total. The second-order valence-corrected chi connectivity index (χ2v) is 5.18. The van der Waals surface area contributed by atoms with Crippen molar-refractivity contribution in [1.82, 2.24) is 15.2 Å². The van der Waals surface area contributed by atoms with Gasteiger partial charge in [0.2, 0.25) is 5.88 Å². The van der Waals surface area contributed by atoms with Crippen LogP contribution >= 0.6 is 15.9 Å². The van der Waals surface area contributed by atoms with Gasteiger partial charge in [0.05, 0.1) is 11.9 Å². The first kappa shape index (κ1) is 14.9. The van der Waals surface area contributed by atoms with Gasteiger partial charge in [-0.25, -0.2) is 0 Å². The van der Waals surface area contributed by atoms with E-state index in [0.29, 0.717) is 18.2 Å². The van der Waals surface area contributed by atoms with Gasteiger partial charge in [0.25, 0.3) is 0 Å². The van der Waals surface area contributed by atoms with Crippen LogP contribution < -0.4 is 10.5 Å². The molecule has 0 atom stereocenters. The molecule has 0 aliphatic carbocycles. The molecule has 0 saturated carbocycles. The quantitative estimate of drug-likeness (QED) is 0.908. The van der Waals surface area contributed by atoms with Gasteiger partial charge in [0, 0.05) is 22.8 Å². The Bertz CT molecular complexity index is 604. The molecular weight excluding hydrogens is 320 g/mol. The third-order valence-electron chi connectivity index (χ3n) is 3.02. The molecule has 0 radical (unpaired) electrons.